The maximum absolute atomic E-state index is 5.41. The van der Waals surface area contributed by atoms with Crippen LogP contribution in [0.3, 0.4) is 0 Å². The average molecular weight is 221 g/mol. The quantitative estimate of drug-likeness (QED) is 0.831. The van der Waals surface area contributed by atoms with E-state index in [-0.39, 0.29) is 0 Å². The highest BCUT2D eigenvalue weighted by Crippen LogP contribution is 2.18. The highest BCUT2D eigenvalue weighted by molar-refractivity contribution is 5.41. The molecule has 4 nitrogen and oxygen atoms in total. The third-order valence-corrected chi connectivity index (χ3v) is 2.94. The highest BCUT2D eigenvalue weighted by Gasteiger charge is 2.20. The molecule has 1 aromatic rings. The maximum Gasteiger partial charge on any atom is 0.215 e. The number of hydrogen-bond donors (Lipinski definition) is 1. The SMILES string of the molecule is CCOc1cccc(N(C)C2CCNC2)n1. The number of rotatable bonds is 4. The standard InChI is InChI=1S/C12H19N3O/c1-3-16-12-6-4-5-11(14-12)15(2)10-7-8-13-9-10/h4-6,10,13H,3,7-9H2,1-2H3. The summed E-state index contributed by atoms with van der Waals surface area (Å²) in [5.74, 6) is 1.69. The molecule has 0 aromatic carbocycles. The van der Waals surface area contributed by atoms with Gasteiger partial charge in [-0.2, -0.15) is 4.98 Å². The molecular formula is C12H19N3O. The van der Waals surface area contributed by atoms with Crippen molar-refractivity contribution in [2.45, 2.75) is 19.4 Å². The number of hydrogen-bond acceptors (Lipinski definition) is 4. The van der Waals surface area contributed by atoms with Crippen LogP contribution in [0.15, 0.2) is 18.2 Å². The molecule has 1 aromatic heterocycles. The van der Waals surface area contributed by atoms with Gasteiger partial charge in [-0.15, -0.1) is 0 Å². The highest BCUT2D eigenvalue weighted by atomic mass is 16.5. The second-order valence-electron chi connectivity index (χ2n) is 4.02. The van der Waals surface area contributed by atoms with Gasteiger partial charge in [0, 0.05) is 25.7 Å². The fraction of sp³-hybridized carbons (Fsp3) is 0.583. The van der Waals surface area contributed by atoms with Crippen LogP contribution in [0.4, 0.5) is 5.82 Å². The first-order valence-corrected chi connectivity index (χ1v) is 5.84. The van der Waals surface area contributed by atoms with Crippen LogP contribution in [0, 0.1) is 0 Å². The lowest BCUT2D eigenvalue weighted by Crippen LogP contribution is -2.33. The molecule has 0 bridgehead atoms. The Morgan fingerprint density at radius 3 is 3.12 bits per heavy atom. The van der Waals surface area contributed by atoms with Gasteiger partial charge in [0.05, 0.1) is 6.61 Å². The Morgan fingerprint density at radius 2 is 2.44 bits per heavy atom. The third-order valence-electron chi connectivity index (χ3n) is 2.94. The molecule has 2 heterocycles. The monoisotopic (exact) mass is 221 g/mol. The molecule has 0 spiro atoms. The molecule has 88 valence electrons. The van der Waals surface area contributed by atoms with Crippen LogP contribution in [0.5, 0.6) is 5.88 Å². The van der Waals surface area contributed by atoms with Crippen molar-refractivity contribution in [2.75, 3.05) is 31.6 Å². The first-order valence-electron chi connectivity index (χ1n) is 5.84. The zero-order valence-electron chi connectivity index (χ0n) is 9.94. The predicted octanol–water partition coefficient (Wildman–Crippen LogP) is 1.28. The lowest BCUT2D eigenvalue weighted by atomic mass is 10.2. The Labute approximate surface area is 96.6 Å². The second-order valence-corrected chi connectivity index (χ2v) is 4.02. The molecule has 1 N–H and O–H groups in total. The normalized spacial score (nSPS) is 19.8. The molecule has 1 unspecified atom stereocenters. The maximum atomic E-state index is 5.41. The van der Waals surface area contributed by atoms with Gasteiger partial charge >= 0.3 is 0 Å². The summed E-state index contributed by atoms with van der Waals surface area (Å²) in [5.41, 5.74) is 0. The summed E-state index contributed by atoms with van der Waals surface area (Å²) >= 11 is 0. The number of likely N-dealkylation sites (N-methyl/N-ethyl adjacent to an activating group) is 1. The number of nitrogens with one attached hydrogen (secondary N) is 1. The number of anilines is 1. The zero-order valence-corrected chi connectivity index (χ0v) is 9.94. The minimum absolute atomic E-state index is 0.546. The van der Waals surface area contributed by atoms with Crippen molar-refractivity contribution in [2.24, 2.45) is 0 Å². The van der Waals surface area contributed by atoms with Gasteiger partial charge in [-0.05, 0) is 26.0 Å². The van der Waals surface area contributed by atoms with Gasteiger partial charge in [0.1, 0.15) is 5.82 Å². The fourth-order valence-corrected chi connectivity index (χ4v) is 1.99. The fourth-order valence-electron chi connectivity index (χ4n) is 1.99. The summed E-state index contributed by atoms with van der Waals surface area (Å²) in [5, 5.41) is 3.36. The number of ether oxygens (including phenoxy) is 1. The summed E-state index contributed by atoms with van der Waals surface area (Å²) in [7, 11) is 2.09. The van der Waals surface area contributed by atoms with E-state index in [0.29, 0.717) is 18.5 Å². The summed E-state index contributed by atoms with van der Waals surface area (Å²) in [6.45, 7) is 4.77. The molecule has 0 saturated carbocycles. The van der Waals surface area contributed by atoms with Crippen LogP contribution in [0.2, 0.25) is 0 Å². The van der Waals surface area contributed by atoms with E-state index in [1.807, 2.05) is 25.1 Å². The van der Waals surface area contributed by atoms with Crippen LogP contribution in [0.1, 0.15) is 13.3 Å². The predicted molar refractivity (Wildman–Crippen MR) is 65.1 cm³/mol. The second kappa shape index (κ2) is 5.16. The zero-order chi connectivity index (χ0) is 11.4. The molecule has 4 heteroatoms. The van der Waals surface area contributed by atoms with Crippen LogP contribution < -0.4 is 15.0 Å². The molecule has 0 radical (unpaired) electrons. The Hall–Kier alpha value is -1.29. The van der Waals surface area contributed by atoms with Gasteiger partial charge in [-0.25, -0.2) is 0 Å². The van der Waals surface area contributed by atoms with Gasteiger partial charge in [0.2, 0.25) is 5.88 Å². The van der Waals surface area contributed by atoms with E-state index in [0.717, 1.165) is 18.9 Å². The van der Waals surface area contributed by atoms with Gasteiger partial charge in [-0.1, -0.05) is 6.07 Å². The molecule has 1 fully saturated rings. The Morgan fingerprint density at radius 1 is 1.56 bits per heavy atom. The van der Waals surface area contributed by atoms with Crippen LogP contribution >= 0.6 is 0 Å². The Bertz CT molecular complexity index is 337. The Kier molecular flexibility index (Phi) is 3.62. The van der Waals surface area contributed by atoms with Crippen molar-refractivity contribution in [1.29, 1.82) is 0 Å². The van der Waals surface area contributed by atoms with Crippen molar-refractivity contribution in [1.82, 2.24) is 10.3 Å². The summed E-state index contributed by atoms with van der Waals surface area (Å²) < 4.78 is 5.41. The number of aromatic nitrogens is 1. The smallest absolute Gasteiger partial charge is 0.215 e. The third kappa shape index (κ3) is 2.44. The van der Waals surface area contributed by atoms with Crippen molar-refractivity contribution in [3.05, 3.63) is 18.2 Å². The number of pyridine rings is 1. The molecule has 1 aliphatic heterocycles. The molecule has 16 heavy (non-hydrogen) atoms. The first kappa shape index (κ1) is 11.2. The van der Waals surface area contributed by atoms with Gasteiger partial charge in [0.15, 0.2) is 0 Å². The molecule has 1 saturated heterocycles. The van der Waals surface area contributed by atoms with Gasteiger partial charge < -0.3 is 15.0 Å². The molecule has 1 aliphatic rings. The Balaban J connectivity index is 2.09. The van der Waals surface area contributed by atoms with Crippen LogP contribution in [-0.4, -0.2) is 37.8 Å². The van der Waals surface area contributed by atoms with Crippen LogP contribution in [-0.2, 0) is 0 Å². The van der Waals surface area contributed by atoms with E-state index in [4.69, 9.17) is 4.74 Å². The van der Waals surface area contributed by atoms with Crippen molar-refractivity contribution >= 4 is 5.82 Å². The van der Waals surface area contributed by atoms with E-state index < -0.39 is 0 Å². The van der Waals surface area contributed by atoms with E-state index in [9.17, 15) is 0 Å². The topological polar surface area (TPSA) is 37.4 Å². The van der Waals surface area contributed by atoms with E-state index in [2.05, 4.69) is 22.2 Å². The largest absolute Gasteiger partial charge is 0.478 e. The van der Waals surface area contributed by atoms with Gasteiger partial charge in [0.25, 0.3) is 0 Å². The average Bonchev–Trinajstić information content (AvgIpc) is 2.82. The summed E-state index contributed by atoms with van der Waals surface area (Å²) in [6.07, 6.45) is 1.18. The minimum Gasteiger partial charge on any atom is -0.478 e. The van der Waals surface area contributed by atoms with Crippen molar-refractivity contribution in [3.8, 4) is 5.88 Å². The lowest BCUT2D eigenvalue weighted by molar-refractivity contribution is 0.327. The van der Waals surface area contributed by atoms with E-state index in [1.165, 1.54) is 6.42 Å². The first-order chi connectivity index (χ1) is 7.81. The van der Waals surface area contributed by atoms with E-state index in [1.54, 1.807) is 0 Å². The molecule has 2 rings (SSSR count). The molecule has 0 amide bonds. The lowest BCUT2D eigenvalue weighted by Gasteiger charge is -2.25. The van der Waals surface area contributed by atoms with E-state index >= 15 is 0 Å². The van der Waals surface area contributed by atoms with Crippen molar-refractivity contribution < 1.29 is 4.74 Å². The minimum atomic E-state index is 0.546. The van der Waals surface area contributed by atoms with Gasteiger partial charge in [-0.3, -0.25) is 0 Å². The number of nitrogens with zero attached hydrogens (tertiary/aromatic N) is 2. The molecular weight excluding hydrogens is 202 g/mol. The van der Waals surface area contributed by atoms with Crippen molar-refractivity contribution in [3.63, 3.8) is 0 Å². The summed E-state index contributed by atoms with van der Waals surface area (Å²) in [4.78, 5) is 6.71. The summed E-state index contributed by atoms with van der Waals surface area (Å²) in [6, 6.07) is 6.46. The van der Waals surface area contributed by atoms with Crippen LogP contribution in [0.25, 0.3) is 0 Å². The molecule has 1 atom stereocenters. The molecule has 0 aliphatic carbocycles.